The van der Waals surface area contributed by atoms with E-state index in [9.17, 15) is 9.90 Å². The fraction of sp³-hybridized carbons (Fsp3) is 0.933. The van der Waals surface area contributed by atoms with Crippen molar-refractivity contribution in [3.8, 4) is 0 Å². The summed E-state index contributed by atoms with van der Waals surface area (Å²) in [6.45, 7) is 2.31. The molecule has 0 aliphatic heterocycles. The summed E-state index contributed by atoms with van der Waals surface area (Å²) in [4.78, 5) is 12.4. The van der Waals surface area contributed by atoms with Gasteiger partial charge < -0.3 is 9.84 Å². The van der Waals surface area contributed by atoms with Crippen LogP contribution in [0.3, 0.4) is 0 Å². The van der Waals surface area contributed by atoms with Gasteiger partial charge in [0.15, 0.2) is 0 Å². The molecule has 0 aromatic rings. The number of hydrogen-bond acceptors (Lipinski definition) is 3. The van der Waals surface area contributed by atoms with Gasteiger partial charge >= 0.3 is 5.97 Å². The lowest BCUT2D eigenvalue weighted by Gasteiger charge is -2.45. The largest absolute Gasteiger partial charge is 0.466 e. The van der Waals surface area contributed by atoms with E-state index in [0.29, 0.717) is 6.61 Å². The van der Waals surface area contributed by atoms with Gasteiger partial charge in [-0.3, -0.25) is 4.79 Å². The first kappa shape index (κ1) is 13.9. The first-order valence-corrected chi connectivity index (χ1v) is 7.56. The van der Waals surface area contributed by atoms with Crippen LogP contribution in [0.1, 0.15) is 64.7 Å². The molecule has 0 radical (unpaired) electrons. The summed E-state index contributed by atoms with van der Waals surface area (Å²) in [5.74, 6) is 0.0845. The van der Waals surface area contributed by atoms with Crippen LogP contribution in [0.5, 0.6) is 0 Å². The van der Waals surface area contributed by atoms with Crippen LogP contribution in [-0.2, 0) is 9.53 Å². The molecule has 18 heavy (non-hydrogen) atoms. The minimum absolute atomic E-state index is 0.0457. The Labute approximate surface area is 110 Å². The summed E-state index contributed by atoms with van der Waals surface area (Å²) in [6.07, 6.45) is 9.00. The van der Waals surface area contributed by atoms with E-state index in [4.69, 9.17) is 4.74 Å². The Kier molecular flexibility index (Phi) is 4.66. The van der Waals surface area contributed by atoms with Crippen molar-refractivity contribution in [3.05, 3.63) is 0 Å². The van der Waals surface area contributed by atoms with Gasteiger partial charge in [0.05, 0.1) is 18.1 Å². The first-order valence-electron chi connectivity index (χ1n) is 7.56. The molecule has 2 rings (SSSR count). The first-order chi connectivity index (χ1) is 8.70. The lowest BCUT2D eigenvalue weighted by atomic mass is 9.61. The van der Waals surface area contributed by atoms with Crippen molar-refractivity contribution in [2.24, 2.45) is 11.3 Å². The predicted molar refractivity (Wildman–Crippen MR) is 70.1 cm³/mol. The minimum atomic E-state index is -0.381. The Morgan fingerprint density at radius 3 is 2.44 bits per heavy atom. The molecule has 0 heterocycles. The Balaban J connectivity index is 2.19. The fourth-order valence-electron chi connectivity index (χ4n) is 3.94. The molecule has 2 aliphatic carbocycles. The molecule has 2 saturated carbocycles. The molecule has 2 atom stereocenters. The van der Waals surface area contributed by atoms with Gasteiger partial charge in [0.2, 0.25) is 0 Å². The molecule has 3 nitrogen and oxygen atoms in total. The Bertz CT molecular complexity index is 281. The highest BCUT2D eigenvalue weighted by Gasteiger charge is 2.50. The molecule has 1 N–H and O–H groups in total. The van der Waals surface area contributed by atoms with Gasteiger partial charge in [-0.1, -0.05) is 32.1 Å². The van der Waals surface area contributed by atoms with Crippen LogP contribution in [0.4, 0.5) is 0 Å². The molecular weight excluding hydrogens is 228 g/mol. The molecular formula is C15H26O3. The number of ether oxygens (including phenoxy) is 1. The molecule has 0 saturated heterocycles. The van der Waals surface area contributed by atoms with Crippen molar-refractivity contribution in [1.82, 2.24) is 0 Å². The van der Waals surface area contributed by atoms with Crippen LogP contribution in [0.2, 0.25) is 0 Å². The van der Waals surface area contributed by atoms with Crippen molar-refractivity contribution in [3.63, 3.8) is 0 Å². The van der Waals surface area contributed by atoms with Gasteiger partial charge in [-0.15, -0.1) is 0 Å². The van der Waals surface area contributed by atoms with Crippen molar-refractivity contribution in [2.75, 3.05) is 6.61 Å². The minimum Gasteiger partial charge on any atom is -0.466 e. The van der Waals surface area contributed by atoms with Gasteiger partial charge in [0.1, 0.15) is 0 Å². The maximum absolute atomic E-state index is 12.4. The lowest BCUT2D eigenvalue weighted by Crippen LogP contribution is -2.47. The van der Waals surface area contributed by atoms with Gasteiger partial charge in [-0.05, 0) is 32.6 Å². The van der Waals surface area contributed by atoms with Crippen LogP contribution in [-0.4, -0.2) is 23.8 Å². The highest BCUT2D eigenvalue weighted by Crippen LogP contribution is 2.49. The monoisotopic (exact) mass is 254 g/mol. The number of hydrogen-bond donors (Lipinski definition) is 1. The molecule has 2 fully saturated rings. The second-order valence-corrected chi connectivity index (χ2v) is 5.90. The van der Waals surface area contributed by atoms with Crippen molar-refractivity contribution in [1.29, 1.82) is 0 Å². The zero-order valence-electron chi connectivity index (χ0n) is 11.5. The zero-order chi connectivity index (χ0) is 13.0. The predicted octanol–water partition coefficient (Wildman–Crippen LogP) is 3.05. The van der Waals surface area contributed by atoms with E-state index in [1.54, 1.807) is 0 Å². The summed E-state index contributed by atoms with van der Waals surface area (Å²) < 4.78 is 5.34. The van der Waals surface area contributed by atoms with Gasteiger partial charge in [0.25, 0.3) is 0 Å². The molecule has 0 amide bonds. The van der Waals surface area contributed by atoms with Crippen LogP contribution in [0.15, 0.2) is 0 Å². The average Bonchev–Trinajstić information content (AvgIpc) is 2.40. The second-order valence-electron chi connectivity index (χ2n) is 5.90. The molecule has 0 aromatic carbocycles. The molecule has 0 bridgehead atoms. The van der Waals surface area contributed by atoms with Crippen molar-refractivity contribution in [2.45, 2.75) is 70.8 Å². The van der Waals surface area contributed by atoms with Gasteiger partial charge in [-0.25, -0.2) is 0 Å². The number of rotatable bonds is 3. The Morgan fingerprint density at radius 1 is 1.17 bits per heavy atom. The molecule has 0 aromatic heterocycles. The highest BCUT2D eigenvalue weighted by atomic mass is 16.5. The number of aliphatic hydroxyl groups excluding tert-OH is 1. The highest BCUT2D eigenvalue weighted by molar-refractivity contribution is 5.77. The average molecular weight is 254 g/mol. The topological polar surface area (TPSA) is 46.5 Å². The molecule has 104 valence electrons. The third-order valence-electron chi connectivity index (χ3n) is 4.87. The number of esters is 1. The van der Waals surface area contributed by atoms with E-state index in [-0.39, 0.29) is 23.4 Å². The van der Waals surface area contributed by atoms with E-state index in [2.05, 4.69) is 0 Å². The van der Waals surface area contributed by atoms with E-state index in [1.165, 1.54) is 6.42 Å². The molecule has 3 heteroatoms. The SMILES string of the molecule is CCOC(=O)C1(C2CCCCC2O)CCCCC1. The second kappa shape index (κ2) is 6.05. The fourth-order valence-corrected chi connectivity index (χ4v) is 3.94. The normalized spacial score (nSPS) is 31.9. The third kappa shape index (κ3) is 2.56. The maximum atomic E-state index is 12.4. The van der Waals surface area contributed by atoms with Gasteiger partial charge in [0, 0.05) is 5.92 Å². The smallest absolute Gasteiger partial charge is 0.312 e. The lowest BCUT2D eigenvalue weighted by molar-refractivity contribution is -0.168. The zero-order valence-corrected chi connectivity index (χ0v) is 11.5. The number of carbonyl (C=O) groups is 1. The third-order valence-corrected chi connectivity index (χ3v) is 4.87. The Hall–Kier alpha value is -0.570. The van der Waals surface area contributed by atoms with Crippen LogP contribution >= 0.6 is 0 Å². The standard InChI is InChI=1S/C15H26O3/c1-2-18-14(17)15(10-6-3-7-11-15)12-8-4-5-9-13(12)16/h12-13,16H,2-11H2,1H3. The van der Waals surface area contributed by atoms with E-state index >= 15 is 0 Å². The summed E-state index contributed by atoms with van der Waals surface area (Å²) >= 11 is 0. The van der Waals surface area contributed by atoms with E-state index in [0.717, 1.165) is 51.4 Å². The Morgan fingerprint density at radius 2 is 1.83 bits per heavy atom. The molecule has 0 spiro atoms. The van der Waals surface area contributed by atoms with Crippen LogP contribution in [0, 0.1) is 11.3 Å². The summed E-state index contributed by atoms with van der Waals surface area (Å²) in [6, 6.07) is 0. The van der Waals surface area contributed by atoms with Crippen molar-refractivity contribution < 1.29 is 14.6 Å². The molecule has 2 aliphatic rings. The molecule has 2 unspecified atom stereocenters. The summed E-state index contributed by atoms with van der Waals surface area (Å²) in [7, 11) is 0. The quantitative estimate of drug-likeness (QED) is 0.787. The summed E-state index contributed by atoms with van der Waals surface area (Å²) in [5, 5.41) is 10.3. The maximum Gasteiger partial charge on any atom is 0.312 e. The van der Waals surface area contributed by atoms with Gasteiger partial charge in [-0.2, -0.15) is 0 Å². The number of carbonyl (C=O) groups excluding carboxylic acids is 1. The van der Waals surface area contributed by atoms with Crippen LogP contribution < -0.4 is 0 Å². The van der Waals surface area contributed by atoms with E-state index < -0.39 is 0 Å². The number of aliphatic hydroxyl groups is 1. The van der Waals surface area contributed by atoms with Crippen LogP contribution in [0.25, 0.3) is 0 Å². The summed E-state index contributed by atoms with van der Waals surface area (Å²) in [5.41, 5.74) is -0.381. The van der Waals surface area contributed by atoms with Crippen molar-refractivity contribution >= 4 is 5.97 Å². The van der Waals surface area contributed by atoms with E-state index in [1.807, 2.05) is 6.92 Å².